The van der Waals surface area contributed by atoms with Crippen LogP contribution in [0.5, 0.6) is 0 Å². The summed E-state index contributed by atoms with van der Waals surface area (Å²) in [4.78, 5) is 28.3. The van der Waals surface area contributed by atoms with Crippen molar-refractivity contribution in [1.82, 2.24) is 15.0 Å². The molecule has 0 aliphatic carbocycles. The molecule has 0 N–H and O–H groups in total. The van der Waals surface area contributed by atoms with E-state index in [4.69, 9.17) is 32.1 Å². The van der Waals surface area contributed by atoms with Gasteiger partial charge in [0.15, 0.2) is 17.2 Å². The second kappa shape index (κ2) is 7.69. The molecule has 0 atom stereocenters. The highest BCUT2D eigenvalue weighted by atomic mass is 35.5. The maximum atomic E-state index is 12.7. The first kappa shape index (κ1) is 18.6. The minimum atomic E-state index is -0.259. The monoisotopic (exact) mass is 419 g/mol. The SMILES string of the molecule is O=C(c1cc(-c2ccc(Cl)cc2Cl)on1)N1CCN(C(=O)c2ccco2)CC1. The fraction of sp³-hybridized carbons (Fsp3) is 0.211. The van der Waals surface area contributed by atoms with E-state index in [1.165, 1.54) is 6.26 Å². The maximum absolute atomic E-state index is 12.7. The molecule has 28 heavy (non-hydrogen) atoms. The predicted octanol–water partition coefficient (Wildman–Crippen LogP) is 3.84. The molecule has 144 valence electrons. The van der Waals surface area contributed by atoms with Crippen molar-refractivity contribution in [3.63, 3.8) is 0 Å². The number of nitrogens with zero attached hydrogens (tertiary/aromatic N) is 3. The molecular formula is C19H15Cl2N3O4. The van der Waals surface area contributed by atoms with Gasteiger partial charge in [-0.2, -0.15) is 0 Å². The van der Waals surface area contributed by atoms with Gasteiger partial charge in [-0.05, 0) is 30.3 Å². The summed E-state index contributed by atoms with van der Waals surface area (Å²) in [5.41, 5.74) is 0.790. The summed E-state index contributed by atoms with van der Waals surface area (Å²) in [6, 6.07) is 9.83. The van der Waals surface area contributed by atoms with Crippen LogP contribution in [0, 0.1) is 0 Å². The lowest BCUT2D eigenvalue weighted by atomic mass is 10.1. The molecule has 0 unspecified atom stereocenters. The number of hydrogen-bond acceptors (Lipinski definition) is 5. The first-order chi connectivity index (χ1) is 13.5. The van der Waals surface area contributed by atoms with Crippen LogP contribution in [0.25, 0.3) is 11.3 Å². The lowest BCUT2D eigenvalue weighted by molar-refractivity contribution is 0.0513. The Balaban J connectivity index is 1.42. The number of piperazine rings is 1. The molecule has 2 aromatic heterocycles. The van der Waals surface area contributed by atoms with Gasteiger partial charge in [0.05, 0.1) is 11.3 Å². The van der Waals surface area contributed by atoms with Crippen LogP contribution in [0.2, 0.25) is 10.0 Å². The van der Waals surface area contributed by atoms with Crippen molar-refractivity contribution in [3.05, 3.63) is 64.2 Å². The van der Waals surface area contributed by atoms with Gasteiger partial charge in [0.25, 0.3) is 11.8 Å². The third-order valence-electron chi connectivity index (χ3n) is 4.51. The molecule has 2 amide bonds. The molecule has 1 fully saturated rings. The molecule has 1 aliphatic heterocycles. The van der Waals surface area contributed by atoms with E-state index in [9.17, 15) is 9.59 Å². The largest absolute Gasteiger partial charge is 0.459 e. The van der Waals surface area contributed by atoms with Gasteiger partial charge in [0, 0.05) is 42.8 Å². The number of furan rings is 1. The van der Waals surface area contributed by atoms with Crippen molar-refractivity contribution in [2.45, 2.75) is 0 Å². The zero-order chi connectivity index (χ0) is 19.7. The summed E-state index contributed by atoms with van der Waals surface area (Å²) in [5, 5.41) is 4.79. The Morgan fingerprint density at radius 3 is 2.32 bits per heavy atom. The second-order valence-corrected chi connectivity index (χ2v) is 7.11. The van der Waals surface area contributed by atoms with Crippen LogP contribution < -0.4 is 0 Å². The fourth-order valence-corrected chi connectivity index (χ4v) is 3.52. The zero-order valence-corrected chi connectivity index (χ0v) is 16.1. The number of benzene rings is 1. The molecular weight excluding hydrogens is 405 g/mol. The summed E-state index contributed by atoms with van der Waals surface area (Å²) in [6.45, 7) is 1.63. The smallest absolute Gasteiger partial charge is 0.289 e. The van der Waals surface area contributed by atoms with Gasteiger partial charge in [-0.25, -0.2) is 0 Å². The van der Waals surface area contributed by atoms with E-state index in [1.54, 1.807) is 46.2 Å². The second-order valence-electron chi connectivity index (χ2n) is 6.26. The molecule has 1 aliphatic rings. The minimum Gasteiger partial charge on any atom is -0.459 e. The third kappa shape index (κ3) is 3.63. The van der Waals surface area contributed by atoms with Gasteiger partial charge in [-0.1, -0.05) is 28.4 Å². The Hall–Kier alpha value is -2.77. The molecule has 4 rings (SSSR count). The van der Waals surface area contributed by atoms with Gasteiger partial charge < -0.3 is 18.7 Å². The van der Waals surface area contributed by atoms with Gasteiger partial charge in [0.1, 0.15) is 0 Å². The predicted molar refractivity (Wildman–Crippen MR) is 102 cm³/mol. The number of amides is 2. The Morgan fingerprint density at radius 1 is 0.964 bits per heavy atom. The van der Waals surface area contributed by atoms with E-state index in [2.05, 4.69) is 5.16 Å². The normalized spacial score (nSPS) is 14.4. The van der Waals surface area contributed by atoms with Gasteiger partial charge in [-0.15, -0.1) is 0 Å². The number of halogens is 2. The number of carbonyl (C=O) groups is 2. The van der Waals surface area contributed by atoms with Gasteiger partial charge in [-0.3, -0.25) is 9.59 Å². The summed E-state index contributed by atoms with van der Waals surface area (Å²) >= 11 is 12.1. The fourth-order valence-electron chi connectivity index (χ4n) is 3.02. The molecule has 9 heteroatoms. The van der Waals surface area contributed by atoms with Crippen molar-refractivity contribution in [2.24, 2.45) is 0 Å². The third-order valence-corrected chi connectivity index (χ3v) is 5.06. The highest BCUT2D eigenvalue weighted by Crippen LogP contribution is 2.31. The van der Waals surface area contributed by atoms with Crippen molar-refractivity contribution in [2.75, 3.05) is 26.2 Å². The highest BCUT2D eigenvalue weighted by molar-refractivity contribution is 6.36. The standard InChI is InChI=1S/C19H15Cl2N3O4/c20-12-3-4-13(14(21)10-12)17-11-15(22-28-17)18(25)23-5-7-24(8-6-23)19(26)16-2-1-9-27-16/h1-4,9-11H,5-8H2. The van der Waals surface area contributed by atoms with Crippen LogP contribution >= 0.6 is 23.2 Å². The van der Waals surface area contributed by atoms with Gasteiger partial charge in [0.2, 0.25) is 0 Å². The minimum absolute atomic E-state index is 0.182. The number of aromatic nitrogens is 1. The molecule has 7 nitrogen and oxygen atoms in total. The Bertz CT molecular complexity index is 1010. The average Bonchev–Trinajstić information content (AvgIpc) is 3.39. The highest BCUT2D eigenvalue weighted by Gasteiger charge is 2.28. The lowest BCUT2D eigenvalue weighted by Crippen LogP contribution is -2.50. The number of rotatable bonds is 3. The van der Waals surface area contributed by atoms with Crippen molar-refractivity contribution >= 4 is 35.0 Å². The van der Waals surface area contributed by atoms with Crippen LogP contribution in [-0.2, 0) is 0 Å². The lowest BCUT2D eigenvalue weighted by Gasteiger charge is -2.33. The van der Waals surface area contributed by atoms with Crippen molar-refractivity contribution in [3.8, 4) is 11.3 Å². The molecule has 0 saturated carbocycles. The molecule has 3 aromatic rings. The topological polar surface area (TPSA) is 79.8 Å². The van der Waals surface area contributed by atoms with Crippen LogP contribution in [0.1, 0.15) is 21.0 Å². The van der Waals surface area contributed by atoms with Crippen LogP contribution in [0.4, 0.5) is 0 Å². The molecule has 1 saturated heterocycles. The quantitative estimate of drug-likeness (QED) is 0.644. The zero-order valence-electron chi connectivity index (χ0n) is 14.6. The molecule has 0 radical (unpaired) electrons. The summed E-state index contributed by atoms with van der Waals surface area (Å²) in [6.07, 6.45) is 1.46. The van der Waals surface area contributed by atoms with Crippen molar-refractivity contribution < 1.29 is 18.5 Å². The molecule has 1 aromatic carbocycles. The molecule has 0 bridgehead atoms. The Labute approximate surface area is 170 Å². The van der Waals surface area contributed by atoms with E-state index in [1.807, 2.05) is 0 Å². The summed E-state index contributed by atoms with van der Waals surface area (Å²) in [7, 11) is 0. The number of hydrogen-bond donors (Lipinski definition) is 0. The average molecular weight is 420 g/mol. The van der Waals surface area contributed by atoms with Crippen LogP contribution in [-0.4, -0.2) is 52.9 Å². The first-order valence-corrected chi connectivity index (χ1v) is 9.33. The first-order valence-electron chi connectivity index (χ1n) is 8.57. The van der Waals surface area contributed by atoms with E-state index in [0.29, 0.717) is 53.3 Å². The summed E-state index contributed by atoms with van der Waals surface area (Å²) in [5.74, 6) is 0.237. The van der Waals surface area contributed by atoms with Crippen molar-refractivity contribution in [1.29, 1.82) is 0 Å². The molecule has 3 heterocycles. The molecule has 0 spiro atoms. The van der Waals surface area contributed by atoms with Crippen LogP contribution in [0.3, 0.4) is 0 Å². The van der Waals surface area contributed by atoms with Gasteiger partial charge >= 0.3 is 0 Å². The van der Waals surface area contributed by atoms with E-state index in [0.717, 1.165) is 0 Å². The van der Waals surface area contributed by atoms with E-state index in [-0.39, 0.29) is 17.5 Å². The van der Waals surface area contributed by atoms with E-state index < -0.39 is 0 Å². The Morgan fingerprint density at radius 2 is 1.68 bits per heavy atom. The van der Waals surface area contributed by atoms with Crippen LogP contribution in [0.15, 0.2) is 51.6 Å². The number of carbonyl (C=O) groups excluding carboxylic acids is 2. The Kier molecular flexibility index (Phi) is 5.11. The van der Waals surface area contributed by atoms with E-state index >= 15 is 0 Å². The maximum Gasteiger partial charge on any atom is 0.289 e. The summed E-state index contributed by atoms with van der Waals surface area (Å²) < 4.78 is 10.4.